The van der Waals surface area contributed by atoms with Gasteiger partial charge in [0.2, 0.25) is 10.0 Å². The van der Waals surface area contributed by atoms with Crippen molar-refractivity contribution >= 4 is 10.0 Å². The van der Waals surface area contributed by atoms with Crippen LogP contribution < -0.4 is 9.46 Å². The van der Waals surface area contributed by atoms with Gasteiger partial charge in [0.25, 0.3) is 0 Å². The van der Waals surface area contributed by atoms with Crippen LogP contribution in [0.2, 0.25) is 0 Å². The molecule has 0 aliphatic rings. The third-order valence-corrected chi connectivity index (χ3v) is 5.22. The molecule has 0 aliphatic carbocycles. The maximum absolute atomic E-state index is 12.4. The fourth-order valence-electron chi connectivity index (χ4n) is 2.29. The first-order valence-electron chi connectivity index (χ1n) is 7.80. The Hall–Kier alpha value is -1.85. The first-order valence-corrected chi connectivity index (χ1v) is 9.28. The summed E-state index contributed by atoms with van der Waals surface area (Å²) < 4.78 is 33.0. The van der Waals surface area contributed by atoms with Crippen LogP contribution in [0.4, 0.5) is 0 Å². The fraction of sp³-hybridized carbons (Fsp3) is 0.333. The van der Waals surface area contributed by atoms with Crippen LogP contribution in [0.25, 0.3) is 0 Å². The molecular formula is C18H23NO3S. The number of hydrogen-bond acceptors (Lipinski definition) is 3. The third-order valence-electron chi connectivity index (χ3n) is 3.66. The number of nitrogens with one attached hydrogen (secondary N) is 1. The number of benzene rings is 2. The molecule has 0 heterocycles. The van der Waals surface area contributed by atoms with E-state index in [1.807, 2.05) is 57.2 Å². The summed E-state index contributed by atoms with van der Waals surface area (Å²) in [6.07, 6.45) is 0.885. The number of sulfonamides is 1. The van der Waals surface area contributed by atoms with Gasteiger partial charge in [-0.1, -0.05) is 31.2 Å². The molecule has 1 unspecified atom stereocenters. The summed E-state index contributed by atoms with van der Waals surface area (Å²) in [6.45, 7) is 6.40. The second-order valence-corrected chi connectivity index (χ2v) is 7.06. The molecule has 1 N–H and O–H groups in total. The summed E-state index contributed by atoms with van der Waals surface area (Å²) in [5.74, 6) is 0.779. The van der Waals surface area contributed by atoms with Crippen molar-refractivity contribution in [3.63, 3.8) is 0 Å². The molecule has 4 nitrogen and oxygen atoms in total. The number of aryl methyl sites for hydroxylation is 1. The van der Waals surface area contributed by atoms with E-state index in [-0.39, 0.29) is 10.9 Å². The zero-order chi connectivity index (χ0) is 16.9. The molecule has 5 heteroatoms. The highest BCUT2D eigenvalue weighted by Gasteiger charge is 2.18. The Bertz CT molecular complexity index is 722. The lowest BCUT2D eigenvalue weighted by Crippen LogP contribution is -2.26. The van der Waals surface area contributed by atoms with Gasteiger partial charge in [-0.2, -0.15) is 0 Å². The lowest BCUT2D eigenvalue weighted by Gasteiger charge is -2.15. The Kier molecular flexibility index (Phi) is 5.80. The molecule has 0 spiro atoms. The van der Waals surface area contributed by atoms with Gasteiger partial charge < -0.3 is 4.74 Å². The van der Waals surface area contributed by atoms with Crippen LogP contribution >= 0.6 is 0 Å². The summed E-state index contributed by atoms with van der Waals surface area (Å²) >= 11 is 0. The number of rotatable bonds is 7. The first kappa shape index (κ1) is 17.5. The van der Waals surface area contributed by atoms with E-state index in [1.165, 1.54) is 0 Å². The van der Waals surface area contributed by atoms with Crippen LogP contribution in [0.3, 0.4) is 0 Å². The number of hydrogen-bond donors (Lipinski definition) is 1. The van der Waals surface area contributed by atoms with Crippen molar-refractivity contribution in [1.29, 1.82) is 0 Å². The van der Waals surface area contributed by atoms with Gasteiger partial charge >= 0.3 is 0 Å². The van der Waals surface area contributed by atoms with Crippen molar-refractivity contribution in [2.75, 3.05) is 6.61 Å². The fourth-order valence-corrected chi connectivity index (χ4v) is 3.52. The van der Waals surface area contributed by atoms with Crippen molar-refractivity contribution in [2.45, 2.75) is 38.1 Å². The second-order valence-electron chi connectivity index (χ2n) is 5.34. The van der Waals surface area contributed by atoms with Crippen LogP contribution in [0.1, 0.15) is 37.9 Å². The molecule has 2 aromatic carbocycles. The largest absolute Gasteiger partial charge is 0.494 e. The first-order chi connectivity index (χ1) is 11.0. The Balaban J connectivity index is 2.12. The number of ether oxygens (including phenoxy) is 1. The second kappa shape index (κ2) is 7.62. The van der Waals surface area contributed by atoms with Crippen LogP contribution in [0, 0.1) is 0 Å². The SMILES string of the molecule is CCOc1ccc(C(C)NS(=O)(=O)c2ccc(CC)cc2)cc1. The van der Waals surface area contributed by atoms with Gasteiger partial charge in [0, 0.05) is 6.04 Å². The van der Waals surface area contributed by atoms with Gasteiger partial charge in [-0.05, 0) is 55.7 Å². The maximum Gasteiger partial charge on any atom is 0.241 e. The topological polar surface area (TPSA) is 55.4 Å². The highest BCUT2D eigenvalue weighted by Crippen LogP contribution is 2.20. The van der Waals surface area contributed by atoms with Gasteiger partial charge in [-0.25, -0.2) is 13.1 Å². The van der Waals surface area contributed by atoms with E-state index < -0.39 is 10.0 Å². The maximum atomic E-state index is 12.4. The Morgan fingerprint density at radius 2 is 1.61 bits per heavy atom. The molecule has 0 saturated heterocycles. The summed E-state index contributed by atoms with van der Waals surface area (Å²) in [5, 5.41) is 0. The Morgan fingerprint density at radius 3 is 2.13 bits per heavy atom. The minimum absolute atomic E-state index is 0.285. The zero-order valence-corrected chi connectivity index (χ0v) is 14.6. The van der Waals surface area contributed by atoms with Gasteiger partial charge in [0.15, 0.2) is 0 Å². The predicted octanol–water partition coefficient (Wildman–Crippen LogP) is 3.69. The average Bonchev–Trinajstić information content (AvgIpc) is 2.55. The molecule has 0 radical (unpaired) electrons. The summed E-state index contributed by atoms with van der Waals surface area (Å²) in [5.41, 5.74) is 2.01. The van der Waals surface area contributed by atoms with Gasteiger partial charge in [0.1, 0.15) is 5.75 Å². The van der Waals surface area contributed by atoms with Crippen molar-refractivity contribution in [2.24, 2.45) is 0 Å². The molecule has 23 heavy (non-hydrogen) atoms. The molecule has 2 aromatic rings. The average molecular weight is 333 g/mol. The van der Waals surface area contributed by atoms with E-state index in [1.54, 1.807) is 12.1 Å². The molecule has 0 saturated carbocycles. The van der Waals surface area contributed by atoms with E-state index in [0.717, 1.165) is 23.3 Å². The van der Waals surface area contributed by atoms with E-state index in [2.05, 4.69) is 4.72 Å². The van der Waals surface area contributed by atoms with Crippen molar-refractivity contribution in [3.8, 4) is 5.75 Å². The van der Waals surface area contributed by atoms with Crippen LogP contribution in [-0.2, 0) is 16.4 Å². The predicted molar refractivity (Wildman–Crippen MR) is 92.2 cm³/mol. The molecule has 0 amide bonds. The Labute approximate surface area is 138 Å². The van der Waals surface area contributed by atoms with Crippen LogP contribution in [0.15, 0.2) is 53.4 Å². The molecule has 0 fully saturated rings. The molecule has 0 aliphatic heterocycles. The minimum atomic E-state index is -3.53. The lowest BCUT2D eigenvalue weighted by molar-refractivity contribution is 0.340. The van der Waals surface area contributed by atoms with E-state index >= 15 is 0 Å². The van der Waals surface area contributed by atoms with Gasteiger partial charge in [-0.3, -0.25) is 0 Å². The summed E-state index contributed by atoms with van der Waals surface area (Å²) in [6, 6.07) is 14.1. The van der Waals surface area contributed by atoms with Crippen molar-refractivity contribution in [3.05, 3.63) is 59.7 Å². The van der Waals surface area contributed by atoms with E-state index in [9.17, 15) is 8.42 Å². The quantitative estimate of drug-likeness (QED) is 0.841. The monoisotopic (exact) mass is 333 g/mol. The molecular weight excluding hydrogens is 310 g/mol. The molecule has 2 rings (SSSR count). The summed E-state index contributed by atoms with van der Waals surface area (Å²) in [7, 11) is -3.53. The zero-order valence-electron chi connectivity index (χ0n) is 13.7. The summed E-state index contributed by atoms with van der Waals surface area (Å²) in [4.78, 5) is 0.285. The Morgan fingerprint density at radius 1 is 1.00 bits per heavy atom. The van der Waals surface area contributed by atoms with Crippen molar-refractivity contribution < 1.29 is 13.2 Å². The highest BCUT2D eigenvalue weighted by molar-refractivity contribution is 7.89. The highest BCUT2D eigenvalue weighted by atomic mass is 32.2. The standard InChI is InChI=1S/C18H23NO3S/c1-4-15-6-12-18(13-7-15)23(20,21)19-14(3)16-8-10-17(11-9-16)22-5-2/h6-14,19H,4-5H2,1-3H3. The molecule has 0 bridgehead atoms. The van der Waals surface area contributed by atoms with Crippen molar-refractivity contribution in [1.82, 2.24) is 4.72 Å². The van der Waals surface area contributed by atoms with E-state index in [4.69, 9.17) is 4.74 Å². The van der Waals surface area contributed by atoms with Gasteiger partial charge in [0.05, 0.1) is 11.5 Å². The van der Waals surface area contributed by atoms with Crippen LogP contribution in [0.5, 0.6) is 5.75 Å². The molecule has 1 atom stereocenters. The van der Waals surface area contributed by atoms with Crippen LogP contribution in [-0.4, -0.2) is 15.0 Å². The lowest BCUT2D eigenvalue weighted by atomic mass is 10.1. The van der Waals surface area contributed by atoms with Gasteiger partial charge in [-0.15, -0.1) is 0 Å². The molecule has 124 valence electrons. The minimum Gasteiger partial charge on any atom is -0.494 e. The normalized spacial score (nSPS) is 12.8. The van der Waals surface area contributed by atoms with E-state index in [0.29, 0.717) is 6.61 Å². The molecule has 0 aromatic heterocycles. The smallest absolute Gasteiger partial charge is 0.241 e. The third kappa shape index (κ3) is 4.56.